The zero-order valence-electron chi connectivity index (χ0n) is 15.9. The van der Waals surface area contributed by atoms with Crippen LogP contribution in [0.15, 0.2) is 97.2 Å². The summed E-state index contributed by atoms with van der Waals surface area (Å²) < 4.78 is 1.69. The Morgan fingerprint density at radius 3 is 1.93 bits per heavy atom. The molecule has 0 spiro atoms. The molecule has 0 bridgehead atoms. The number of aromatic nitrogens is 2. The lowest BCUT2D eigenvalue weighted by Crippen LogP contribution is -2.19. The monoisotopic (exact) mass is 397 g/mol. The Kier molecular flexibility index (Phi) is 5.52. The molecule has 4 aromatic rings. The van der Waals surface area contributed by atoms with Crippen LogP contribution in [0.2, 0.25) is 0 Å². The van der Waals surface area contributed by atoms with E-state index in [4.69, 9.17) is 0 Å². The Bertz CT molecular complexity index is 1140. The molecule has 0 fully saturated rings. The Hall–Kier alpha value is -4.39. The van der Waals surface area contributed by atoms with E-state index in [0.29, 0.717) is 22.8 Å². The van der Waals surface area contributed by atoms with Crippen molar-refractivity contribution in [3.63, 3.8) is 0 Å². The van der Waals surface area contributed by atoms with Crippen LogP contribution in [0.25, 0.3) is 5.69 Å². The number of hydrogen-bond acceptors (Lipinski definition) is 3. The fraction of sp³-hybridized carbons (Fsp3) is 0. The Labute approximate surface area is 173 Å². The van der Waals surface area contributed by atoms with Crippen LogP contribution in [-0.2, 0) is 0 Å². The van der Waals surface area contributed by atoms with Crippen LogP contribution in [0.1, 0.15) is 10.4 Å². The Morgan fingerprint density at radius 2 is 1.27 bits per heavy atom. The highest BCUT2D eigenvalue weighted by Gasteiger charge is 2.09. The minimum Gasteiger partial charge on any atom is -0.308 e. The summed E-state index contributed by atoms with van der Waals surface area (Å²) >= 11 is 0. The second-order valence-electron chi connectivity index (χ2n) is 6.46. The van der Waals surface area contributed by atoms with Gasteiger partial charge in [-0.3, -0.25) is 4.79 Å². The van der Waals surface area contributed by atoms with Crippen molar-refractivity contribution in [2.45, 2.75) is 0 Å². The second kappa shape index (κ2) is 8.74. The number of benzene rings is 3. The van der Waals surface area contributed by atoms with Gasteiger partial charge in [-0.05, 0) is 48.5 Å². The lowest BCUT2D eigenvalue weighted by Gasteiger charge is -2.08. The van der Waals surface area contributed by atoms with Gasteiger partial charge in [0, 0.05) is 29.2 Å². The van der Waals surface area contributed by atoms with Gasteiger partial charge in [0.25, 0.3) is 5.91 Å². The fourth-order valence-corrected chi connectivity index (χ4v) is 2.82. The van der Waals surface area contributed by atoms with Gasteiger partial charge in [0.1, 0.15) is 0 Å². The van der Waals surface area contributed by atoms with E-state index in [2.05, 4.69) is 21.0 Å². The van der Waals surface area contributed by atoms with Gasteiger partial charge in [0.2, 0.25) is 0 Å². The largest absolute Gasteiger partial charge is 0.323 e. The maximum Gasteiger partial charge on any atom is 0.323 e. The average molecular weight is 397 g/mol. The first kappa shape index (κ1) is 18.9. The van der Waals surface area contributed by atoms with Crippen molar-refractivity contribution in [2.24, 2.45) is 0 Å². The van der Waals surface area contributed by atoms with Gasteiger partial charge in [-0.2, -0.15) is 5.10 Å². The fourth-order valence-electron chi connectivity index (χ4n) is 2.82. The molecular weight excluding hydrogens is 378 g/mol. The maximum atomic E-state index is 12.5. The van der Waals surface area contributed by atoms with Gasteiger partial charge in [0.15, 0.2) is 5.82 Å². The van der Waals surface area contributed by atoms with E-state index < -0.39 is 0 Å². The first-order valence-electron chi connectivity index (χ1n) is 9.33. The van der Waals surface area contributed by atoms with E-state index in [9.17, 15) is 9.59 Å². The molecule has 1 heterocycles. The van der Waals surface area contributed by atoms with Gasteiger partial charge in [-0.15, -0.1) is 0 Å². The van der Waals surface area contributed by atoms with Crippen molar-refractivity contribution < 1.29 is 9.59 Å². The number of rotatable bonds is 5. The third kappa shape index (κ3) is 4.71. The minimum absolute atomic E-state index is 0.284. The molecule has 7 nitrogen and oxygen atoms in total. The van der Waals surface area contributed by atoms with E-state index in [1.54, 1.807) is 53.3 Å². The number of hydrogen-bond donors (Lipinski definition) is 3. The average Bonchev–Trinajstić information content (AvgIpc) is 3.24. The van der Waals surface area contributed by atoms with Gasteiger partial charge in [-0.1, -0.05) is 36.4 Å². The topological polar surface area (TPSA) is 88.0 Å². The van der Waals surface area contributed by atoms with Crippen molar-refractivity contribution in [2.75, 3.05) is 16.0 Å². The predicted molar refractivity (Wildman–Crippen MR) is 117 cm³/mol. The van der Waals surface area contributed by atoms with Crippen LogP contribution < -0.4 is 16.0 Å². The highest BCUT2D eigenvalue weighted by atomic mass is 16.2. The molecule has 3 aromatic carbocycles. The summed E-state index contributed by atoms with van der Waals surface area (Å²) in [4.78, 5) is 24.5. The molecule has 7 heteroatoms. The summed E-state index contributed by atoms with van der Waals surface area (Å²) in [5.74, 6) is 0.168. The molecule has 0 atom stereocenters. The first-order chi connectivity index (χ1) is 14.7. The highest BCUT2D eigenvalue weighted by molar-refractivity contribution is 6.04. The zero-order valence-corrected chi connectivity index (χ0v) is 15.9. The van der Waals surface area contributed by atoms with Crippen molar-refractivity contribution >= 4 is 29.1 Å². The number of anilines is 3. The van der Waals surface area contributed by atoms with Gasteiger partial charge in [-0.25, -0.2) is 9.48 Å². The number of amides is 3. The van der Waals surface area contributed by atoms with Crippen LogP contribution in [-0.4, -0.2) is 21.7 Å². The van der Waals surface area contributed by atoms with E-state index in [0.717, 1.165) is 5.69 Å². The van der Waals surface area contributed by atoms with E-state index in [-0.39, 0.29) is 11.9 Å². The highest BCUT2D eigenvalue weighted by Crippen LogP contribution is 2.14. The summed E-state index contributed by atoms with van der Waals surface area (Å²) in [6.07, 6.45) is 1.78. The third-order valence-corrected chi connectivity index (χ3v) is 4.29. The first-order valence-corrected chi connectivity index (χ1v) is 9.33. The number of carbonyl (C=O) groups is 2. The van der Waals surface area contributed by atoms with Crippen LogP contribution in [0.4, 0.5) is 22.0 Å². The molecule has 3 amide bonds. The second-order valence-corrected chi connectivity index (χ2v) is 6.46. The molecule has 148 valence electrons. The quantitative estimate of drug-likeness (QED) is 0.453. The van der Waals surface area contributed by atoms with Crippen molar-refractivity contribution in [1.82, 2.24) is 9.78 Å². The van der Waals surface area contributed by atoms with Crippen LogP contribution in [0.3, 0.4) is 0 Å². The molecule has 30 heavy (non-hydrogen) atoms. The number of nitrogens with one attached hydrogen (secondary N) is 3. The van der Waals surface area contributed by atoms with E-state index in [1.165, 1.54) is 0 Å². The lowest BCUT2D eigenvalue weighted by molar-refractivity contribution is 0.102. The van der Waals surface area contributed by atoms with Crippen molar-refractivity contribution in [3.8, 4) is 5.69 Å². The number of para-hydroxylation sites is 2. The Balaban J connectivity index is 1.35. The predicted octanol–water partition coefficient (Wildman–Crippen LogP) is 4.77. The van der Waals surface area contributed by atoms with Gasteiger partial charge < -0.3 is 16.0 Å². The molecule has 0 aliphatic rings. The number of nitrogens with zero attached hydrogens (tertiary/aromatic N) is 2. The zero-order chi connectivity index (χ0) is 20.8. The van der Waals surface area contributed by atoms with Crippen LogP contribution in [0, 0.1) is 0 Å². The van der Waals surface area contributed by atoms with E-state index in [1.807, 2.05) is 48.5 Å². The normalized spacial score (nSPS) is 10.3. The molecule has 4 rings (SSSR count). The maximum absolute atomic E-state index is 12.5. The standard InChI is InChI=1S/C23H19N5O2/c29-22(26-21-15-16-28(27-21)20-9-5-2-6-10-20)17-11-13-19(14-12-17)25-23(30)24-18-7-3-1-4-8-18/h1-16H,(H2,24,25,30)(H,26,27,29). The van der Waals surface area contributed by atoms with Crippen LogP contribution in [0.5, 0.6) is 0 Å². The minimum atomic E-state index is -0.357. The van der Waals surface area contributed by atoms with Gasteiger partial charge >= 0.3 is 6.03 Å². The molecule has 0 aliphatic heterocycles. The molecular formula is C23H19N5O2. The summed E-state index contributed by atoms with van der Waals surface area (Å²) in [6.45, 7) is 0. The molecule has 3 N–H and O–H groups in total. The molecule has 1 aromatic heterocycles. The molecule has 0 unspecified atom stereocenters. The van der Waals surface area contributed by atoms with Crippen molar-refractivity contribution in [3.05, 3.63) is 103 Å². The molecule has 0 radical (unpaired) electrons. The summed E-state index contributed by atoms with van der Waals surface area (Å²) in [5.41, 5.74) is 2.63. The van der Waals surface area contributed by atoms with Gasteiger partial charge in [0.05, 0.1) is 5.69 Å². The number of urea groups is 1. The Morgan fingerprint density at radius 1 is 0.667 bits per heavy atom. The molecule has 0 saturated carbocycles. The SMILES string of the molecule is O=C(Nc1ccccc1)Nc1ccc(C(=O)Nc2ccn(-c3ccccc3)n2)cc1. The number of carbonyl (C=O) groups excluding carboxylic acids is 2. The summed E-state index contributed by atoms with van der Waals surface area (Å²) in [5, 5.41) is 12.6. The third-order valence-electron chi connectivity index (χ3n) is 4.29. The van der Waals surface area contributed by atoms with Crippen LogP contribution >= 0.6 is 0 Å². The summed E-state index contributed by atoms with van der Waals surface area (Å²) in [6, 6.07) is 26.8. The van der Waals surface area contributed by atoms with E-state index >= 15 is 0 Å². The molecule has 0 aliphatic carbocycles. The smallest absolute Gasteiger partial charge is 0.308 e. The summed E-state index contributed by atoms with van der Waals surface area (Å²) in [7, 11) is 0. The van der Waals surface area contributed by atoms with Crippen molar-refractivity contribution in [1.29, 1.82) is 0 Å². The lowest BCUT2D eigenvalue weighted by atomic mass is 10.2. The molecule has 0 saturated heterocycles.